The van der Waals surface area contributed by atoms with Crippen molar-refractivity contribution in [2.24, 2.45) is 0 Å². The van der Waals surface area contributed by atoms with E-state index in [9.17, 15) is 34.1 Å². The number of carbonyl (C=O) groups excluding carboxylic acids is 5. The molecule has 15 nitrogen and oxygen atoms in total. The van der Waals surface area contributed by atoms with Crippen molar-refractivity contribution in [3.63, 3.8) is 0 Å². The first-order valence-corrected chi connectivity index (χ1v) is 11.5. The number of alkyl carbamates (subject to hydrolysis) is 1. The maximum absolute atomic E-state index is 13.4. The number of hydroxylamine groups is 2. The van der Waals surface area contributed by atoms with Crippen molar-refractivity contribution < 1.29 is 52.7 Å². The van der Waals surface area contributed by atoms with Crippen LogP contribution in [0.1, 0.15) is 46.1 Å². The Morgan fingerprint density at radius 2 is 1.84 bits per heavy atom. The Morgan fingerprint density at radius 1 is 1.18 bits per heavy atom. The maximum Gasteiger partial charge on any atom is 0.408 e. The Labute approximate surface area is 216 Å². The minimum absolute atomic E-state index is 0.167. The van der Waals surface area contributed by atoms with Gasteiger partial charge in [-0.1, -0.05) is 0 Å². The predicted octanol–water partition coefficient (Wildman–Crippen LogP) is 1.27. The summed E-state index contributed by atoms with van der Waals surface area (Å²) in [6.07, 6.45) is -2.85. The van der Waals surface area contributed by atoms with E-state index in [4.69, 9.17) is 23.8 Å². The molecule has 2 heterocycles. The number of nitrogens with zero attached hydrogens (tertiary/aromatic N) is 2. The highest BCUT2D eigenvalue weighted by molar-refractivity contribution is 5.94. The van der Waals surface area contributed by atoms with Gasteiger partial charge in [0, 0.05) is 25.5 Å². The molecule has 15 heteroatoms. The third-order valence-corrected chi connectivity index (χ3v) is 5.32. The predicted molar refractivity (Wildman–Crippen MR) is 122 cm³/mol. The van der Waals surface area contributed by atoms with Crippen LogP contribution in [0.3, 0.4) is 0 Å². The van der Waals surface area contributed by atoms with Gasteiger partial charge in [0.1, 0.15) is 31.0 Å². The summed E-state index contributed by atoms with van der Waals surface area (Å²) in [7, 11) is 0. The molecule has 2 fully saturated rings. The molecule has 1 N–H and O–H groups in total. The van der Waals surface area contributed by atoms with Crippen LogP contribution in [0, 0.1) is 10.1 Å². The zero-order valence-electron chi connectivity index (χ0n) is 21.1. The average Bonchev–Trinajstić information content (AvgIpc) is 3.36. The van der Waals surface area contributed by atoms with Crippen molar-refractivity contribution in [1.29, 1.82) is 0 Å². The van der Waals surface area contributed by atoms with Gasteiger partial charge in [-0.25, -0.2) is 9.59 Å². The Morgan fingerprint density at radius 3 is 2.37 bits per heavy atom. The van der Waals surface area contributed by atoms with E-state index >= 15 is 0 Å². The molecule has 2 unspecified atom stereocenters. The first-order valence-electron chi connectivity index (χ1n) is 11.5. The molecule has 0 spiro atoms. The molecule has 3 atom stereocenters. The lowest BCUT2D eigenvalue weighted by molar-refractivity contribution is -0.384. The number of ether oxygens (including phenoxy) is 4. The van der Waals surface area contributed by atoms with Crippen LogP contribution >= 0.6 is 0 Å². The number of hydrogen-bond acceptors (Lipinski definition) is 12. The van der Waals surface area contributed by atoms with Gasteiger partial charge in [-0.3, -0.25) is 29.3 Å². The summed E-state index contributed by atoms with van der Waals surface area (Å²) in [6.45, 7) is 5.09. The first kappa shape index (κ1) is 28.3. The van der Waals surface area contributed by atoms with E-state index in [2.05, 4.69) is 5.32 Å². The lowest BCUT2D eigenvalue weighted by atomic mass is 10.1. The number of rotatable bonds is 8. The maximum atomic E-state index is 13.4. The van der Waals surface area contributed by atoms with E-state index in [1.165, 1.54) is 24.3 Å². The molecular formula is C23H27N3O12. The Hall–Kier alpha value is -4.27. The second kappa shape index (κ2) is 11.0. The lowest BCUT2D eigenvalue weighted by Crippen LogP contribution is -2.57. The van der Waals surface area contributed by atoms with Gasteiger partial charge < -0.3 is 24.3 Å². The van der Waals surface area contributed by atoms with Crippen molar-refractivity contribution in [3.8, 4) is 0 Å². The van der Waals surface area contributed by atoms with Gasteiger partial charge in [-0.15, -0.1) is 0 Å². The molecule has 2 amide bonds. The number of hydrogen-bond donors (Lipinski definition) is 1. The van der Waals surface area contributed by atoms with E-state index < -0.39 is 64.9 Å². The average molecular weight is 537 g/mol. The number of nitro groups is 1. The molecule has 2 aliphatic rings. The van der Waals surface area contributed by atoms with Gasteiger partial charge in [0.05, 0.1) is 11.3 Å². The van der Waals surface area contributed by atoms with E-state index in [0.717, 1.165) is 6.92 Å². The van der Waals surface area contributed by atoms with Crippen molar-refractivity contribution in [3.05, 3.63) is 39.9 Å². The second-order valence-corrected chi connectivity index (χ2v) is 9.46. The normalized spacial score (nSPS) is 23.0. The van der Waals surface area contributed by atoms with Crippen molar-refractivity contribution in [2.45, 2.75) is 70.6 Å². The number of cyclic esters (lactones) is 1. The fourth-order valence-electron chi connectivity index (χ4n) is 3.62. The van der Waals surface area contributed by atoms with Crippen LogP contribution in [0.25, 0.3) is 0 Å². The van der Waals surface area contributed by atoms with Crippen LogP contribution in [0.2, 0.25) is 0 Å². The van der Waals surface area contributed by atoms with Gasteiger partial charge in [0.15, 0.2) is 0 Å². The van der Waals surface area contributed by atoms with E-state index in [-0.39, 0.29) is 25.1 Å². The first-order chi connectivity index (χ1) is 17.7. The summed E-state index contributed by atoms with van der Waals surface area (Å²) in [5.74, 6) is -3.64. The van der Waals surface area contributed by atoms with E-state index in [1.54, 1.807) is 20.8 Å². The van der Waals surface area contributed by atoms with Gasteiger partial charge >= 0.3 is 29.7 Å². The number of nitro benzene ring substituents is 1. The van der Waals surface area contributed by atoms with Gasteiger partial charge in [0.25, 0.3) is 11.6 Å². The third-order valence-electron chi connectivity index (χ3n) is 5.32. The van der Waals surface area contributed by atoms with Crippen LogP contribution < -0.4 is 5.32 Å². The number of carbonyl (C=O) groups is 5. The van der Waals surface area contributed by atoms with Crippen LogP contribution in [-0.2, 0) is 49.6 Å². The second-order valence-electron chi connectivity index (χ2n) is 9.46. The Bertz CT molecular complexity index is 1130. The highest BCUT2D eigenvalue weighted by Gasteiger charge is 2.62. The van der Waals surface area contributed by atoms with Crippen LogP contribution in [-0.4, -0.2) is 70.0 Å². The Kier molecular flexibility index (Phi) is 8.19. The fourth-order valence-corrected chi connectivity index (χ4v) is 3.62. The van der Waals surface area contributed by atoms with Gasteiger partial charge in [-0.2, -0.15) is 5.06 Å². The van der Waals surface area contributed by atoms with E-state index in [0.29, 0.717) is 10.6 Å². The molecule has 1 aromatic rings. The molecular weight excluding hydrogens is 510 g/mol. The monoisotopic (exact) mass is 537 g/mol. The zero-order chi connectivity index (χ0) is 28.3. The number of nitrogens with one attached hydrogen (secondary N) is 1. The molecule has 2 saturated heterocycles. The molecule has 0 aromatic heterocycles. The number of benzene rings is 1. The SMILES string of the molecule is CC(=O)OCC1ON(C2(C(=O)OCc3ccc([N+](=O)[O-])cc3)CCC(=O)O2)C(=O)[C@H]1NC(=O)OC(C)(C)C. The van der Waals surface area contributed by atoms with Crippen molar-refractivity contribution in [1.82, 2.24) is 10.4 Å². The number of esters is 3. The van der Waals surface area contributed by atoms with Gasteiger partial charge in [-0.05, 0) is 38.5 Å². The summed E-state index contributed by atoms with van der Waals surface area (Å²) in [6, 6.07) is 3.70. The molecule has 2 aliphatic heterocycles. The highest BCUT2D eigenvalue weighted by atomic mass is 16.8. The summed E-state index contributed by atoms with van der Waals surface area (Å²) in [4.78, 5) is 78.2. The minimum Gasteiger partial charge on any atom is -0.463 e. The molecule has 1 aromatic carbocycles. The summed E-state index contributed by atoms with van der Waals surface area (Å²) in [5.41, 5.74) is -3.01. The highest BCUT2D eigenvalue weighted by Crippen LogP contribution is 2.37. The van der Waals surface area contributed by atoms with Crippen LogP contribution in [0.15, 0.2) is 24.3 Å². The lowest BCUT2D eigenvalue weighted by Gasteiger charge is -2.32. The van der Waals surface area contributed by atoms with E-state index in [1.807, 2.05) is 0 Å². The Balaban J connectivity index is 1.82. The number of non-ortho nitro benzene ring substituents is 1. The standard InChI is InChI=1S/C23H27N3O12/c1-13(27)34-12-16-18(24-21(31)37-22(2,3)4)19(29)25(38-16)23(10-9-17(28)36-23)20(30)35-11-14-5-7-15(8-6-14)26(32)33/h5-8,16,18H,9-12H2,1-4H3,(H,24,31)/t16?,18-,23?/m0/s1. The molecule has 38 heavy (non-hydrogen) atoms. The van der Waals surface area contributed by atoms with Crippen molar-refractivity contribution in [2.75, 3.05) is 6.61 Å². The van der Waals surface area contributed by atoms with Crippen LogP contribution in [0.5, 0.6) is 0 Å². The quantitative estimate of drug-likeness (QED) is 0.217. The molecule has 206 valence electrons. The fraction of sp³-hybridized carbons (Fsp3) is 0.522. The smallest absolute Gasteiger partial charge is 0.408 e. The molecule has 0 radical (unpaired) electrons. The minimum atomic E-state index is -2.33. The third kappa shape index (κ3) is 6.53. The summed E-state index contributed by atoms with van der Waals surface area (Å²) < 4.78 is 20.6. The van der Waals surface area contributed by atoms with Gasteiger partial charge in [0.2, 0.25) is 0 Å². The largest absolute Gasteiger partial charge is 0.463 e. The summed E-state index contributed by atoms with van der Waals surface area (Å²) >= 11 is 0. The topological polar surface area (TPSA) is 190 Å². The van der Waals surface area contributed by atoms with Crippen LogP contribution in [0.4, 0.5) is 10.5 Å². The molecule has 0 bridgehead atoms. The zero-order valence-corrected chi connectivity index (χ0v) is 21.1. The summed E-state index contributed by atoms with van der Waals surface area (Å²) in [5, 5.41) is 13.7. The molecule has 3 rings (SSSR count). The number of amides is 2. The molecule has 0 aliphatic carbocycles. The van der Waals surface area contributed by atoms with Crippen molar-refractivity contribution >= 4 is 35.6 Å². The molecule has 0 saturated carbocycles.